The van der Waals surface area contributed by atoms with Crippen LogP contribution in [-0.2, 0) is 6.42 Å². The number of carbonyl (C=O) groups is 1. The maximum atomic E-state index is 12.2. The Morgan fingerprint density at radius 1 is 1.09 bits per heavy atom. The molecule has 5 nitrogen and oxygen atoms in total. The predicted molar refractivity (Wildman–Crippen MR) is 90.0 cm³/mol. The molecule has 3 aromatic rings. The Kier molecular flexibility index (Phi) is 4.60. The van der Waals surface area contributed by atoms with Crippen LogP contribution >= 0.6 is 23.2 Å². The average Bonchev–Trinajstić information content (AvgIpc) is 2.96. The van der Waals surface area contributed by atoms with Gasteiger partial charge in [0.1, 0.15) is 5.82 Å². The molecule has 2 aromatic carbocycles. The smallest absolute Gasteiger partial charge is 0.295 e. The molecule has 0 bridgehead atoms. The van der Waals surface area contributed by atoms with E-state index in [0.29, 0.717) is 28.0 Å². The summed E-state index contributed by atoms with van der Waals surface area (Å²) in [5.41, 5.74) is 1.57. The standard InChI is InChI=1S/C16H12Cl2N4O/c17-11-7-12(18)9-13(8-11)19-16(23)15-20-14(21-22-15)6-10-4-2-1-3-5-10/h1-5,7-9H,6H2,(H,19,23)(H,20,21,22). The molecular weight excluding hydrogens is 335 g/mol. The van der Waals surface area contributed by atoms with Crippen LogP contribution < -0.4 is 5.32 Å². The van der Waals surface area contributed by atoms with Gasteiger partial charge in [-0.25, -0.2) is 4.98 Å². The van der Waals surface area contributed by atoms with Crippen LogP contribution in [0.15, 0.2) is 48.5 Å². The van der Waals surface area contributed by atoms with Crippen molar-refractivity contribution < 1.29 is 4.79 Å². The fourth-order valence-electron chi connectivity index (χ4n) is 2.08. The van der Waals surface area contributed by atoms with Gasteiger partial charge >= 0.3 is 0 Å². The summed E-state index contributed by atoms with van der Waals surface area (Å²) in [5, 5.41) is 10.2. The molecule has 0 spiro atoms. The summed E-state index contributed by atoms with van der Waals surface area (Å²) in [6.45, 7) is 0. The van der Waals surface area contributed by atoms with E-state index in [0.717, 1.165) is 5.56 Å². The number of hydrogen-bond acceptors (Lipinski definition) is 3. The molecule has 0 aliphatic carbocycles. The summed E-state index contributed by atoms with van der Waals surface area (Å²) in [4.78, 5) is 16.4. The van der Waals surface area contributed by atoms with E-state index in [-0.39, 0.29) is 5.82 Å². The van der Waals surface area contributed by atoms with Crippen LogP contribution in [0.25, 0.3) is 0 Å². The SMILES string of the molecule is O=C(Nc1cc(Cl)cc(Cl)c1)c1n[nH]c(Cc2ccccc2)n1. The minimum absolute atomic E-state index is 0.0621. The zero-order chi connectivity index (χ0) is 16.2. The number of anilines is 1. The second-order valence-electron chi connectivity index (χ2n) is 4.88. The zero-order valence-corrected chi connectivity index (χ0v) is 13.4. The molecule has 0 radical (unpaired) electrons. The number of halogens is 2. The van der Waals surface area contributed by atoms with Gasteiger partial charge in [0, 0.05) is 22.2 Å². The monoisotopic (exact) mass is 346 g/mol. The highest BCUT2D eigenvalue weighted by atomic mass is 35.5. The number of aromatic amines is 1. The number of H-pyrrole nitrogens is 1. The Bertz CT molecular complexity index is 813. The Morgan fingerprint density at radius 2 is 1.78 bits per heavy atom. The van der Waals surface area contributed by atoms with Gasteiger partial charge in [0.2, 0.25) is 5.82 Å². The van der Waals surface area contributed by atoms with E-state index in [2.05, 4.69) is 20.5 Å². The van der Waals surface area contributed by atoms with E-state index >= 15 is 0 Å². The number of carbonyl (C=O) groups excluding carboxylic acids is 1. The summed E-state index contributed by atoms with van der Waals surface area (Å²) in [6.07, 6.45) is 0.574. The highest BCUT2D eigenvalue weighted by molar-refractivity contribution is 6.35. The fourth-order valence-corrected chi connectivity index (χ4v) is 2.60. The van der Waals surface area contributed by atoms with Crippen LogP contribution in [0.1, 0.15) is 22.0 Å². The van der Waals surface area contributed by atoms with Crippen molar-refractivity contribution in [3.05, 3.63) is 75.8 Å². The van der Waals surface area contributed by atoms with Gasteiger partial charge in [-0.2, -0.15) is 0 Å². The average molecular weight is 347 g/mol. The molecule has 116 valence electrons. The zero-order valence-electron chi connectivity index (χ0n) is 11.9. The number of aromatic nitrogens is 3. The summed E-state index contributed by atoms with van der Waals surface area (Å²) in [5.74, 6) is 0.247. The minimum Gasteiger partial charge on any atom is -0.319 e. The van der Waals surface area contributed by atoms with Crippen LogP contribution in [0.3, 0.4) is 0 Å². The largest absolute Gasteiger partial charge is 0.319 e. The first kappa shape index (κ1) is 15.5. The highest BCUT2D eigenvalue weighted by Gasteiger charge is 2.13. The van der Waals surface area contributed by atoms with Gasteiger partial charge in [0.05, 0.1) is 0 Å². The molecule has 0 unspecified atom stereocenters. The molecule has 0 saturated carbocycles. The van der Waals surface area contributed by atoms with Gasteiger partial charge in [-0.05, 0) is 23.8 Å². The molecule has 0 aliphatic rings. The molecule has 7 heteroatoms. The first-order valence-corrected chi connectivity index (χ1v) is 7.58. The van der Waals surface area contributed by atoms with Crippen molar-refractivity contribution in [2.45, 2.75) is 6.42 Å². The van der Waals surface area contributed by atoms with Crippen LogP contribution in [0.5, 0.6) is 0 Å². The van der Waals surface area contributed by atoms with E-state index in [1.54, 1.807) is 18.2 Å². The lowest BCUT2D eigenvalue weighted by molar-refractivity contribution is 0.101. The van der Waals surface area contributed by atoms with E-state index in [4.69, 9.17) is 23.2 Å². The molecule has 1 aromatic heterocycles. The number of hydrogen-bond donors (Lipinski definition) is 2. The second kappa shape index (κ2) is 6.81. The van der Waals surface area contributed by atoms with Crippen LogP contribution in [0, 0.1) is 0 Å². The van der Waals surface area contributed by atoms with Gasteiger partial charge < -0.3 is 5.32 Å². The van der Waals surface area contributed by atoms with Gasteiger partial charge in [-0.15, -0.1) is 5.10 Å². The predicted octanol–water partition coefficient (Wildman–Crippen LogP) is 3.95. The minimum atomic E-state index is -0.432. The van der Waals surface area contributed by atoms with Gasteiger partial charge in [-0.3, -0.25) is 9.89 Å². The van der Waals surface area contributed by atoms with E-state index in [1.165, 1.54) is 0 Å². The molecule has 23 heavy (non-hydrogen) atoms. The van der Waals surface area contributed by atoms with Crippen LogP contribution in [-0.4, -0.2) is 21.1 Å². The number of benzene rings is 2. The normalized spacial score (nSPS) is 10.5. The summed E-state index contributed by atoms with van der Waals surface area (Å²) in [6, 6.07) is 14.6. The molecule has 2 N–H and O–H groups in total. The van der Waals surface area contributed by atoms with Crippen molar-refractivity contribution in [3.8, 4) is 0 Å². The molecule has 0 fully saturated rings. The van der Waals surface area contributed by atoms with Crippen LogP contribution in [0.4, 0.5) is 5.69 Å². The Labute approximate surface area is 142 Å². The number of nitrogens with one attached hydrogen (secondary N) is 2. The van der Waals surface area contributed by atoms with Gasteiger partial charge in [0.25, 0.3) is 5.91 Å². The van der Waals surface area contributed by atoms with E-state index < -0.39 is 5.91 Å². The fraction of sp³-hybridized carbons (Fsp3) is 0.0625. The molecular formula is C16H12Cl2N4O. The maximum Gasteiger partial charge on any atom is 0.295 e. The molecule has 0 aliphatic heterocycles. The lowest BCUT2D eigenvalue weighted by atomic mass is 10.1. The summed E-state index contributed by atoms with van der Waals surface area (Å²) in [7, 11) is 0. The Balaban J connectivity index is 1.71. The Morgan fingerprint density at radius 3 is 2.48 bits per heavy atom. The molecule has 3 rings (SSSR count). The lowest BCUT2D eigenvalue weighted by Gasteiger charge is -2.03. The third-order valence-electron chi connectivity index (χ3n) is 3.07. The van der Waals surface area contributed by atoms with Gasteiger partial charge in [-0.1, -0.05) is 53.5 Å². The number of amides is 1. The van der Waals surface area contributed by atoms with Crippen molar-refractivity contribution in [1.82, 2.24) is 15.2 Å². The lowest BCUT2D eigenvalue weighted by Crippen LogP contribution is -2.13. The first-order valence-electron chi connectivity index (χ1n) is 6.83. The summed E-state index contributed by atoms with van der Waals surface area (Å²) >= 11 is 11.8. The van der Waals surface area contributed by atoms with Crippen molar-refractivity contribution in [2.75, 3.05) is 5.32 Å². The van der Waals surface area contributed by atoms with Gasteiger partial charge in [0.15, 0.2) is 0 Å². The quantitative estimate of drug-likeness (QED) is 0.751. The topological polar surface area (TPSA) is 70.7 Å². The number of nitrogens with zero attached hydrogens (tertiary/aromatic N) is 2. The van der Waals surface area contributed by atoms with E-state index in [9.17, 15) is 4.79 Å². The molecule has 1 heterocycles. The van der Waals surface area contributed by atoms with E-state index in [1.807, 2.05) is 30.3 Å². The van der Waals surface area contributed by atoms with Crippen LogP contribution in [0.2, 0.25) is 10.0 Å². The molecule has 0 saturated heterocycles. The third-order valence-corrected chi connectivity index (χ3v) is 3.51. The van der Waals surface area contributed by atoms with Crippen molar-refractivity contribution in [1.29, 1.82) is 0 Å². The third kappa shape index (κ3) is 4.09. The maximum absolute atomic E-state index is 12.2. The summed E-state index contributed by atoms with van der Waals surface area (Å²) < 4.78 is 0. The van der Waals surface area contributed by atoms with Crippen molar-refractivity contribution in [2.24, 2.45) is 0 Å². The molecule has 1 amide bonds. The van der Waals surface area contributed by atoms with Crippen molar-refractivity contribution >= 4 is 34.8 Å². The Hall–Kier alpha value is -2.37. The second-order valence-corrected chi connectivity index (χ2v) is 5.75. The highest BCUT2D eigenvalue weighted by Crippen LogP contribution is 2.22. The van der Waals surface area contributed by atoms with Crippen molar-refractivity contribution in [3.63, 3.8) is 0 Å². The number of rotatable bonds is 4. The molecule has 0 atom stereocenters. The first-order chi connectivity index (χ1) is 11.1.